The number of ether oxygens (including phenoxy) is 2. The van der Waals surface area contributed by atoms with E-state index in [0.717, 1.165) is 50.1 Å². The fourth-order valence-electron chi connectivity index (χ4n) is 5.90. The van der Waals surface area contributed by atoms with E-state index in [1.54, 1.807) is 7.11 Å². The summed E-state index contributed by atoms with van der Waals surface area (Å²) in [6.45, 7) is 1.03. The number of nitrogens with zero attached hydrogens (tertiary/aromatic N) is 1. The fraction of sp³-hybridized carbons (Fsp3) is 0.667. The third-order valence-electron chi connectivity index (χ3n) is 6.84. The number of hydrogen-bond acceptors (Lipinski definition) is 4. The molecule has 5 rings (SSSR count). The first-order valence-electron chi connectivity index (χ1n) is 8.41. The lowest BCUT2D eigenvalue weighted by atomic mass is 9.49. The van der Waals surface area contributed by atoms with E-state index in [1.807, 2.05) is 6.07 Å². The molecule has 1 saturated heterocycles. The molecule has 1 saturated carbocycles. The van der Waals surface area contributed by atoms with Gasteiger partial charge in [0.25, 0.3) is 0 Å². The molecule has 4 atom stereocenters. The lowest BCUT2D eigenvalue weighted by molar-refractivity contribution is -0.180. The molecule has 4 aliphatic rings. The minimum absolute atomic E-state index is 0.104. The maximum atomic E-state index is 11.8. The first-order valence-corrected chi connectivity index (χ1v) is 8.41. The first-order chi connectivity index (χ1) is 10.6. The van der Waals surface area contributed by atoms with E-state index in [0.29, 0.717) is 0 Å². The van der Waals surface area contributed by atoms with Gasteiger partial charge in [-0.2, -0.15) is 0 Å². The van der Waals surface area contributed by atoms with Gasteiger partial charge in [-0.05, 0) is 57.3 Å². The predicted molar refractivity (Wildman–Crippen MR) is 82.6 cm³/mol. The van der Waals surface area contributed by atoms with Gasteiger partial charge in [-0.3, -0.25) is 0 Å². The second kappa shape index (κ2) is 3.98. The Bertz CT molecular complexity index is 660. The summed E-state index contributed by atoms with van der Waals surface area (Å²) >= 11 is 0. The molecule has 4 heteroatoms. The summed E-state index contributed by atoms with van der Waals surface area (Å²) in [5.74, 6) is 1.73. The molecule has 0 amide bonds. The van der Waals surface area contributed by atoms with Crippen molar-refractivity contribution in [1.29, 1.82) is 0 Å². The minimum Gasteiger partial charge on any atom is -0.493 e. The van der Waals surface area contributed by atoms with Gasteiger partial charge in [0.05, 0.1) is 18.1 Å². The standard InChI is InChI=1S/C18H23NO3/c1-19-9-8-17-14-4-3-7-18(17,20)13(19)10-11-5-6-12(21-2)16(22-14)15(11)17/h5-6,13-14,20H,3-4,7-10H2,1-2H3/t13-,14?,17-,18-/m0/s1. The Morgan fingerprint density at radius 1 is 1.36 bits per heavy atom. The Balaban J connectivity index is 1.84. The second-order valence-corrected chi connectivity index (χ2v) is 7.48. The van der Waals surface area contributed by atoms with Crippen molar-refractivity contribution < 1.29 is 14.6 Å². The molecule has 22 heavy (non-hydrogen) atoms. The Morgan fingerprint density at radius 2 is 2.23 bits per heavy atom. The van der Waals surface area contributed by atoms with E-state index in [1.165, 1.54) is 11.1 Å². The van der Waals surface area contributed by atoms with E-state index in [2.05, 4.69) is 18.0 Å². The molecule has 1 aromatic carbocycles. The Kier molecular flexibility index (Phi) is 2.39. The minimum atomic E-state index is -0.659. The predicted octanol–water partition coefficient (Wildman–Crippen LogP) is 1.87. The summed E-state index contributed by atoms with van der Waals surface area (Å²) in [6.07, 6.45) is 4.96. The van der Waals surface area contributed by atoms with Crippen LogP contribution < -0.4 is 9.47 Å². The molecule has 1 aromatic rings. The van der Waals surface area contributed by atoms with Crippen molar-refractivity contribution in [3.8, 4) is 11.5 Å². The molecule has 2 aliphatic carbocycles. The molecule has 118 valence electrons. The van der Waals surface area contributed by atoms with Gasteiger partial charge >= 0.3 is 0 Å². The van der Waals surface area contributed by atoms with Gasteiger partial charge in [0, 0.05) is 11.6 Å². The normalized spacial score (nSPS) is 41.8. The van der Waals surface area contributed by atoms with E-state index in [9.17, 15) is 5.11 Å². The van der Waals surface area contributed by atoms with E-state index in [4.69, 9.17) is 9.47 Å². The van der Waals surface area contributed by atoms with Gasteiger partial charge < -0.3 is 19.5 Å². The molecule has 1 unspecified atom stereocenters. The summed E-state index contributed by atoms with van der Waals surface area (Å²) in [5, 5.41) is 11.8. The Hall–Kier alpha value is -1.26. The number of likely N-dealkylation sites (N-methyl/N-ethyl adjacent to an activating group) is 1. The lowest BCUT2D eigenvalue weighted by Crippen LogP contribution is -2.74. The highest BCUT2D eigenvalue weighted by Crippen LogP contribution is 2.65. The van der Waals surface area contributed by atoms with Gasteiger partial charge in [0.15, 0.2) is 11.5 Å². The summed E-state index contributed by atoms with van der Waals surface area (Å²) in [4.78, 5) is 2.36. The van der Waals surface area contributed by atoms with Gasteiger partial charge in [-0.1, -0.05) is 6.07 Å². The lowest BCUT2D eigenvalue weighted by Gasteiger charge is -2.62. The maximum Gasteiger partial charge on any atom is 0.165 e. The van der Waals surface area contributed by atoms with Crippen LogP contribution in [0.5, 0.6) is 11.5 Å². The molecule has 0 radical (unpaired) electrons. The third-order valence-corrected chi connectivity index (χ3v) is 6.84. The van der Waals surface area contributed by atoms with Crippen molar-refractivity contribution in [3.05, 3.63) is 23.3 Å². The number of rotatable bonds is 1. The third kappa shape index (κ3) is 1.21. The second-order valence-electron chi connectivity index (χ2n) is 7.48. The zero-order valence-corrected chi connectivity index (χ0v) is 13.3. The molecule has 0 aromatic heterocycles. The molecule has 2 aliphatic heterocycles. The highest BCUT2D eigenvalue weighted by Gasteiger charge is 2.70. The van der Waals surface area contributed by atoms with Crippen molar-refractivity contribution in [2.24, 2.45) is 0 Å². The van der Waals surface area contributed by atoms with Crippen molar-refractivity contribution in [3.63, 3.8) is 0 Å². The molecular weight excluding hydrogens is 278 g/mol. The molecular formula is C18H23NO3. The fourth-order valence-corrected chi connectivity index (χ4v) is 5.90. The van der Waals surface area contributed by atoms with Gasteiger partial charge in [0.2, 0.25) is 0 Å². The zero-order chi connectivity index (χ0) is 15.1. The monoisotopic (exact) mass is 301 g/mol. The van der Waals surface area contributed by atoms with Gasteiger partial charge in [-0.25, -0.2) is 0 Å². The van der Waals surface area contributed by atoms with Crippen molar-refractivity contribution in [1.82, 2.24) is 4.90 Å². The van der Waals surface area contributed by atoms with Crippen LogP contribution in [0, 0.1) is 0 Å². The number of hydrogen-bond donors (Lipinski definition) is 1. The Labute approximate surface area is 131 Å². The van der Waals surface area contributed by atoms with Crippen LogP contribution in [0.15, 0.2) is 12.1 Å². The molecule has 1 N–H and O–H groups in total. The van der Waals surface area contributed by atoms with Crippen molar-refractivity contribution in [2.45, 2.75) is 55.3 Å². The largest absolute Gasteiger partial charge is 0.493 e. The van der Waals surface area contributed by atoms with Crippen LogP contribution in [0.2, 0.25) is 0 Å². The summed E-state index contributed by atoms with van der Waals surface area (Å²) in [5.41, 5.74) is 1.73. The van der Waals surface area contributed by atoms with Crippen LogP contribution >= 0.6 is 0 Å². The summed E-state index contributed by atoms with van der Waals surface area (Å²) < 4.78 is 11.9. The van der Waals surface area contributed by atoms with Crippen LogP contribution in [0.3, 0.4) is 0 Å². The number of benzene rings is 1. The van der Waals surface area contributed by atoms with Gasteiger partial charge in [-0.15, -0.1) is 0 Å². The van der Waals surface area contributed by atoms with Crippen LogP contribution in [0.25, 0.3) is 0 Å². The van der Waals surface area contributed by atoms with E-state index >= 15 is 0 Å². The average Bonchev–Trinajstić information content (AvgIpc) is 2.85. The summed E-state index contributed by atoms with van der Waals surface area (Å²) in [6, 6.07) is 4.42. The van der Waals surface area contributed by atoms with Crippen molar-refractivity contribution in [2.75, 3.05) is 20.7 Å². The number of aliphatic hydroxyl groups is 1. The maximum absolute atomic E-state index is 11.8. The highest BCUT2D eigenvalue weighted by atomic mass is 16.5. The SMILES string of the molecule is COc1ccc2c3c1OC1CCC[C@]4(O)[C@H](C2)N(C)CC[C@@]314. The quantitative estimate of drug-likeness (QED) is 0.860. The number of piperidine rings is 1. The first kappa shape index (κ1) is 13.2. The van der Waals surface area contributed by atoms with Gasteiger partial charge in [0.1, 0.15) is 6.10 Å². The average molecular weight is 301 g/mol. The molecule has 2 bridgehead atoms. The van der Waals surface area contributed by atoms with Crippen LogP contribution in [0.1, 0.15) is 36.8 Å². The smallest absolute Gasteiger partial charge is 0.165 e. The Morgan fingerprint density at radius 3 is 3.05 bits per heavy atom. The summed E-state index contributed by atoms with van der Waals surface area (Å²) in [7, 11) is 3.86. The molecule has 2 heterocycles. The number of likely N-dealkylation sites (tertiary alicyclic amines) is 1. The van der Waals surface area contributed by atoms with Crippen LogP contribution in [0.4, 0.5) is 0 Å². The van der Waals surface area contributed by atoms with E-state index < -0.39 is 5.60 Å². The zero-order valence-electron chi connectivity index (χ0n) is 13.3. The van der Waals surface area contributed by atoms with Crippen LogP contribution in [-0.4, -0.2) is 48.5 Å². The number of methoxy groups -OCH3 is 1. The topological polar surface area (TPSA) is 41.9 Å². The molecule has 1 spiro atoms. The molecule has 4 nitrogen and oxygen atoms in total. The highest BCUT2D eigenvalue weighted by molar-refractivity contribution is 5.62. The van der Waals surface area contributed by atoms with Crippen molar-refractivity contribution >= 4 is 0 Å². The van der Waals surface area contributed by atoms with E-state index in [-0.39, 0.29) is 17.6 Å². The van der Waals surface area contributed by atoms with Crippen LogP contribution in [-0.2, 0) is 11.8 Å². The molecule has 2 fully saturated rings.